The summed E-state index contributed by atoms with van der Waals surface area (Å²) in [5.74, 6) is 0.680. The number of pyridine rings is 1. The Morgan fingerprint density at radius 3 is 2.93 bits per heavy atom. The summed E-state index contributed by atoms with van der Waals surface area (Å²) >= 11 is 0. The molecule has 1 rings (SSSR count). The first-order chi connectivity index (χ1) is 6.57. The number of nitrogens with zero attached hydrogens (tertiary/aromatic N) is 2. The van der Waals surface area contributed by atoms with Gasteiger partial charge in [-0.1, -0.05) is 0 Å². The van der Waals surface area contributed by atoms with Crippen LogP contribution in [0.4, 0.5) is 5.82 Å². The lowest BCUT2D eigenvalue weighted by Gasteiger charge is -2.24. The van der Waals surface area contributed by atoms with E-state index in [2.05, 4.69) is 16.4 Å². The van der Waals surface area contributed by atoms with Crippen LogP contribution in [0.25, 0.3) is 0 Å². The molecule has 0 aromatic carbocycles. The van der Waals surface area contributed by atoms with Crippen LogP contribution >= 0.6 is 0 Å². The van der Waals surface area contributed by atoms with Crippen molar-refractivity contribution in [2.45, 2.75) is 19.4 Å². The van der Waals surface area contributed by atoms with E-state index in [0.29, 0.717) is 17.9 Å². The predicted octanol–water partition coefficient (Wildman–Crippen LogP) is 1.10. The molecule has 1 heterocycles. The first-order valence-corrected chi connectivity index (χ1v) is 4.42. The Bertz CT molecular complexity index is 351. The Morgan fingerprint density at radius 1 is 1.64 bits per heavy atom. The molecule has 0 spiro atoms. The molecule has 0 aliphatic carbocycles. The topological polar surface area (TPSA) is 74.7 Å². The Labute approximate surface area is 83.8 Å². The molecule has 0 saturated heterocycles. The zero-order valence-corrected chi connectivity index (χ0v) is 8.41. The highest BCUT2D eigenvalue weighted by atomic mass is 15.1. The zero-order chi connectivity index (χ0) is 10.6. The van der Waals surface area contributed by atoms with Gasteiger partial charge in [-0.15, -0.1) is 0 Å². The van der Waals surface area contributed by atoms with Crippen molar-refractivity contribution < 1.29 is 0 Å². The summed E-state index contributed by atoms with van der Waals surface area (Å²) in [6.07, 6.45) is 1.60. The van der Waals surface area contributed by atoms with Gasteiger partial charge in [0.1, 0.15) is 5.82 Å². The molecule has 0 saturated carbocycles. The number of anilines is 1. The van der Waals surface area contributed by atoms with Crippen molar-refractivity contribution in [1.82, 2.24) is 4.98 Å². The third kappa shape index (κ3) is 2.71. The van der Waals surface area contributed by atoms with Gasteiger partial charge in [-0.3, -0.25) is 0 Å². The molecule has 4 nitrogen and oxygen atoms in total. The van der Waals surface area contributed by atoms with E-state index in [0.717, 1.165) is 0 Å². The molecular weight excluding hydrogens is 176 g/mol. The molecule has 0 fully saturated rings. The van der Waals surface area contributed by atoms with Crippen LogP contribution in [0.1, 0.15) is 19.4 Å². The lowest BCUT2D eigenvalue weighted by molar-refractivity contribution is 0.577. The quantitative estimate of drug-likeness (QED) is 0.748. The molecule has 0 amide bonds. The summed E-state index contributed by atoms with van der Waals surface area (Å²) in [5.41, 5.74) is 5.96. The summed E-state index contributed by atoms with van der Waals surface area (Å²) in [4.78, 5) is 4.10. The molecule has 0 unspecified atom stereocenters. The molecule has 14 heavy (non-hydrogen) atoms. The molecule has 0 atom stereocenters. The minimum atomic E-state index is -0.207. The standard InChI is InChI=1S/C10H14N4/c1-10(2,7-12)14-9-5-8(6-11)3-4-13-9/h3-5H,7,12H2,1-2H3,(H,13,14). The smallest absolute Gasteiger partial charge is 0.127 e. The molecule has 0 bridgehead atoms. The van der Waals surface area contributed by atoms with Gasteiger partial charge in [0.25, 0.3) is 0 Å². The van der Waals surface area contributed by atoms with Crippen molar-refractivity contribution in [2.75, 3.05) is 11.9 Å². The van der Waals surface area contributed by atoms with Crippen molar-refractivity contribution in [1.29, 1.82) is 5.26 Å². The largest absolute Gasteiger partial charge is 0.364 e. The number of hydrogen-bond acceptors (Lipinski definition) is 4. The summed E-state index contributed by atoms with van der Waals surface area (Å²) in [5, 5.41) is 11.8. The molecule has 4 heteroatoms. The van der Waals surface area contributed by atoms with Crippen molar-refractivity contribution in [3.8, 4) is 6.07 Å². The maximum absolute atomic E-state index is 8.69. The van der Waals surface area contributed by atoms with E-state index < -0.39 is 0 Å². The van der Waals surface area contributed by atoms with E-state index in [1.54, 1.807) is 18.3 Å². The Morgan fingerprint density at radius 2 is 2.36 bits per heavy atom. The van der Waals surface area contributed by atoms with Gasteiger partial charge in [0.2, 0.25) is 0 Å². The van der Waals surface area contributed by atoms with Crippen molar-refractivity contribution in [3.63, 3.8) is 0 Å². The summed E-state index contributed by atoms with van der Waals surface area (Å²) in [6.45, 7) is 4.47. The summed E-state index contributed by atoms with van der Waals surface area (Å²) < 4.78 is 0. The van der Waals surface area contributed by atoms with Crippen LogP contribution in [0.2, 0.25) is 0 Å². The minimum Gasteiger partial charge on any atom is -0.364 e. The average Bonchev–Trinajstić information content (AvgIpc) is 2.17. The van der Waals surface area contributed by atoms with Crippen LogP contribution in [-0.2, 0) is 0 Å². The average molecular weight is 190 g/mol. The van der Waals surface area contributed by atoms with E-state index in [4.69, 9.17) is 11.0 Å². The van der Waals surface area contributed by atoms with Gasteiger partial charge < -0.3 is 11.1 Å². The molecule has 1 aromatic rings. The Kier molecular flexibility index (Phi) is 3.05. The van der Waals surface area contributed by atoms with Gasteiger partial charge in [0, 0.05) is 18.3 Å². The lowest BCUT2D eigenvalue weighted by atomic mass is 10.1. The maximum atomic E-state index is 8.69. The summed E-state index contributed by atoms with van der Waals surface area (Å²) in [7, 11) is 0. The second kappa shape index (κ2) is 4.07. The SMILES string of the molecule is CC(C)(CN)Nc1cc(C#N)ccn1. The lowest BCUT2D eigenvalue weighted by Crippen LogP contribution is -2.39. The van der Waals surface area contributed by atoms with Crippen LogP contribution < -0.4 is 11.1 Å². The number of nitrogens with one attached hydrogen (secondary N) is 1. The van der Waals surface area contributed by atoms with E-state index in [-0.39, 0.29) is 5.54 Å². The van der Waals surface area contributed by atoms with Crippen molar-refractivity contribution in [3.05, 3.63) is 23.9 Å². The normalized spacial score (nSPS) is 10.7. The van der Waals surface area contributed by atoms with Crippen molar-refractivity contribution >= 4 is 5.82 Å². The van der Waals surface area contributed by atoms with E-state index in [1.165, 1.54) is 0 Å². The molecule has 3 N–H and O–H groups in total. The highest BCUT2D eigenvalue weighted by molar-refractivity contribution is 5.44. The summed E-state index contributed by atoms with van der Waals surface area (Å²) in [6, 6.07) is 5.43. The minimum absolute atomic E-state index is 0.207. The highest BCUT2D eigenvalue weighted by Gasteiger charge is 2.15. The number of hydrogen-bond donors (Lipinski definition) is 2. The Balaban J connectivity index is 2.83. The van der Waals surface area contributed by atoms with Crippen LogP contribution in [0.15, 0.2) is 18.3 Å². The number of rotatable bonds is 3. The van der Waals surface area contributed by atoms with Crippen LogP contribution in [0, 0.1) is 11.3 Å². The number of nitriles is 1. The van der Waals surface area contributed by atoms with Gasteiger partial charge in [0.15, 0.2) is 0 Å². The highest BCUT2D eigenvalue weighted by Crippen LogP contribution is 2.12. The molecule has 0 aliphatic rings. The fourth-order valence-corrected chi connectivity index (χ4v) is 0.966. The molecule has 74 valence electrons. The van der Waals surface area contributed by atoms with Gasteiger partial charge in [-0.25, -0.2) is 4.98 Å². The van der Waals surface area contributed by atoms with Crippen molar-refractivity contribution in [2.24, 2.45) is 5.73 Å². The van der Waals surface area contributed by atoms with Crippen LogP contribution in [-0.4, -0.2) is 17.1 Å². The fourth-order valence-electron chi connectivity index (χ4n) is 0.966. The van der Waals surface area contributed by atoms with Gasteiger partial charge in [0.05, 0.1) is 11.6 Å². The monoisotopic (exact) mass is 190 g/mol. The van der Waals surface area contributed by atoms with E-state index in [1.807, 2.05) is 13.8 Å². The fraction of sp³-hybridized carbons (Fsp3) is 0.400. The zero-order valence-electron chi connectivity index (χ0n) is 8.41. The van der Waals surface area contributed by atoms with Gasteiger partial charge in [-0.2, -0.15) is 5.26 Å². The Hall–Kier alpha value is -1.60. The molecule has 0 radical (unpaired) electrons. The van der Waals surface area contributed by atoms with Gasteiger partial charge >= 0.3 is 0 Å². The maximum Gasteiger partial charge on any atom is 0.127 e. The number of nitrogens with two attached hydrogens (primary N) is 1. The van der Waals surface area contributed by atoms with Crippen LogP contribution in [0.5, 0.6) is 0 Å². The van der Waals surface area contributed by atoms with Crippen LogP contribution in [0.3, 0.4) is 0 Å². The third-order valence-corrected chi connectivity index (χ3v) is 1.87. The second-order valence-corrected chi connectivity index (χ2v) is 3.75. The molecule has 0 aliphatic heterocycles. The van der Waals surface area contributed by atoms with E-state index >= 15 is 0 Å². The van der Waals surface area contributed by atoms with E-state index in [9.17, 15) is 0 Å². The predicted molar refractivity (Wildman–Crippen MR) is 55.7 cm³/mol. The van der Waals surface area contributed by atoms with Gasteiger partial charge in [-0.05, 0) is 26.0 Å². The first kappa shape index (κ1) is 10.5. The second-order valence-electron chi connectivity index (χ2n) is 3.75. The number of aromatic nitrogens is 1. The molecular formula is C10H14N4. The first-order valence-electron chi connectivity index (χ1n) is 4.42. The third-order valence-electron chi connectivity index (χ3n) is 1.87. The molecule has 1 aromatic heterocycles.